The van der Waals surface area contributed by atoms with Gasteiger partial charge in [0.1, 0.15) is 12.6 Å². The predicted octanol–water partition coefficient (Wildman–Crippen LogP) is 6.99. The molecule has 0 aliphatic heterocycles. The van der Waals surface area contributed by atoms with Crippen LogP contribution < -0.4 is 9.62 Å². The average Bonchev–Trinajstić information content (AvgIpc) is 2.89. The third-order valence-electron chi connectivity index (χ3n) is 6.21. The zero-order valence-electron chi connectivity index (χ0n) is 23.0. The fraction of sp³-hybridized carbons (Fsp3) is 0.310. The molecule has 0 bridgehead atoms. The third kappa shape index (κ3) is 8.75. The van der Waals surface area contributed by atoms with Gasteiger partial charge in [-0.05, 0) is 67.8 Å². The van der Waals surface area contributed by atoms with Crippen LogP contribution in [-0.2, 0) is 26.2 Å². The molecule has 41 heavy (non-hydrogen) atoms. The van der Waals surface area contributed by atoms with Crippen molar-refractivity contribution in [2.75, 3.05) is 17.4 Å². The molecule has 0 heterocycles. The van der Waals surface area contributed by atoms with Crippen molar-refractivity contribution in [3.8, 4) is 0 Å². The Labute approximate surface area is 261 Å². The lowest BCUT2D eigenvalue weighted by Crippen LogP contribution is -2.51. The zero-order valence-corrected chi connectivity index (χ0v) is 26.8. The highest BCUT2D eigenvalue weighted by Gasteiger charge is 2.33. The molecule has 0 saturated heterocycles. The SMILES string of the molecule is Cc1ccc(S(=O)(=O)N(CC(=O)N(Cc2ccc(Cl)c(Cl)c2)[C@@H](C)C(=O)NCC(C)C)c2cc(Cl)cc(Cl)c2)cc1. The summed E-state index contributed by atoms with van der Waals surface area (Å²) in [5.41, 5.74) is 1.57. The fourth-order valence-electron chi connectivity index (χ4n) is 3.92. The van der Waals surface area contributed by atoms with Crippen molar-refractivity contribution in [2.45, 2.75) is 45.2 Å². The number of nitrogens with one attached hydrogen (secondary N) is 1. The number of hydrogen-bond donors (Lipinski definition) is 1. The van der Waals surface area contributed by atoms with Gasteiger partial charge in [0.25, 0.3) is 10.0 Å². The Morgan fingerprint density at radius 1 is 0.854 bits per heavy atom. The van der Waals surface area contributed by atoms with Crippen LogP contribution in [0.25, 0.3) is 0 Å². The molecule has 7 nitrogen and oxygen atoms in total. The third-order valence-corrected chi connectivity index (χ3v) is 9.18. The van der Waals surface area contributed by atoms with E-state index in [9.17, 15) is 18.0 Å². The standard InChI is InChI=1S/C29H31Cl4N3O4S/c1-18(2)15-34-29(38)20(4)35(16-21-7-10-26(32)27(33)11-21)28(37)17-36(24-13-22(30)12-23(31)14-24)41(39,40)25-8-5-19(3)6-9-25/h5-14,18,20H,15-17H2,1-4H3,(H,34,38)/t20-/m0/s1. The van der Waals surface area contributed by atoms with Crippen LogP contribution in [0.1, 0.15) is 31.9 Å². The van der Waals surface area contributed by atoms with Crippen LogP contribution in [0.3, 0.4) is 0 Å². The Morgan fingerprint density at radius 3 is 2.02 bits per heavy atom. The Bertz CT molecular complexity index is 1490. The van der Waals surface area contributed by atoms with Gasteiger partial charge in [-0.2, -0.15) is 0 Å². The van der Waals surface area contributed by atoms with E-state index in [2.05, 4.69) is 5.32 Å². The molecule has 0 fully saturated rings. The summed E-state index contributed by atoms with van der Waals surface area (Å²) in [6.07, 6.45) is 0. The van der Waals surface area contributed by atoms with E-state index in [4.69, 9.17) is 46.4 Å². The van der Waals surface area contributed by atoms with E-state index < -0.39 is 28.5 Å². The number of rotatable bonds is 11. The van der Waals surface area contributed by atoms with Crippen LogP contribution in [0.4, 0.5) is 5.69 Å². The number of carbonyl (C=O) groups is 2. The Hall–Kier alpha value is -2.49. The Kier molecular flexibility index (Phi) is 11.4. The summed E-state index contributed by atoms with van der Waals surface area (Å²) in [5, 5.41) is 3.84. The summed E-state index contributed by atoms with van der Waals surface area (Å²) in [4.78, 5) is 28.3. The minimum atomic E-state index is -4.26. The maximum absolute atomic E-state index is 14.0. The number of sulfonamides is 1. The maximum Gasteiger partial charge on any atom is 0.264 e. The van der Waals surface area contributed by atoms with E-state index in [1.165, 1.54) is 35.2 Å². The number of benzene rings is 3. The van der Waals surface area contributed by atoms with Gasteiger partial charge in [-0.3, -0.25) is 13.9 Å². The largest absolute Gasteiger partial charge is 0.354 e. The van der Waals surface area contributed by atoms with Gasteiger partial charge in [-0.1, -0.05) is 84.0 Å². The van der Waals surface area contributed by atoms with Crippen LogP contribution in [0.2, 0.25) is 20.1 Å². The number of amides is 2. The zero-order chi connectivity index (χ0) is 30.5. The molecule has 3 rings (SSSR count). The number of hydrogen-bond acceptors (Lipinski definition) is 4. The number of anilines is 1. The molecular formula is C29H31Cl4N3O4S. The molecule has 0 saturated carbocycles. The van der Waals surface area contributed by atoms with Crippen LogP contribution in [0.5, 0.6) is 0 Å². The van der Waals surface area contributed by atoms with Crippen molar-refractivity contribution in [1.29, 1.82) is 0 Å². The van der Waals surface area contributed by atoms with Crippen LogP contribution in [0, 0.1) is 12.8 Å². The Morgan fingerprint density at radius 2 is 1.46 bits per heavy atom. The smallest absolute Gasteiger partial charge is 0.264 e. The number of aryl methyl sites for hydroxylation is 1. The molecule has 0 spiro atoms. The van der Waals surface area contributed by atoms with Gasteiger partial charge in [-0.15, -0.1) is 0 Å². The fourth-order valence-corrected chi connectivity index (χ4v) is 6.15. The van der Waals surface area contributed by atoms with Crippen molar-refractivity contribution in [1.82, 2.24) is 10.2 Å². The lowest BCUT2D eigenvalue weighted by molar-refractivity contribution is -0.139. The lowest BCUT2D eigenvalue weighted by atomic mass is 10.1. The van der Waals surface area contributed by atoms with Gasteiger partial charge >= 0.3 is 0 Å². The van der Waals surface area contributed by atoms with Crippen molar-refractivity contribution in [3.05, 3.63) is 91.9 Å². The first-order valence-corrected chi connectivity index (χ1v) is 15.7. The van der Waals surface area contributed by atoms with Gasteiger partial charge in [0.05, 0.1) is 20.6 Å². The molecule has 0 aliphatic rings. The summed E-state index contributed by atoms with van der Waals surface area (Å²) < 4.78 is 28.8. The molecule has 0 unspecified atom stereocenters. The second kappa shape index (κ2) is 14.1. The summed E-state index contributed by atoms with van der Waals surface area (Å²) in [7, 11) is -4.26. The van der Waals surface area contributed by atoms with Crippen molar-refractivity contribution in [3.63, 3.8) is 0 Å². The van der Waals surface area contributed by atoms with Crippen LogP contribution in [-0.4, -0.2) is 44.3 Å². The molecule has 1 atom stereocenters. The highest BCUT2D eigenvalue weighted by Crippen LogP contribution is 2.30. The van der Waals surface area contributed by atoms with E-state index in [1.807, 2.05) is 20.8 Å². The molecule has 0 aromatic heterocycles. The highest BCUT2D eigenvalue weighted by atomic mass is 35.5. The topological polar surface area (TPSA) is 86.8 Å². The second-order valence-corrected chi connectivity index (χ2v) is 13.6. The van der Waals surface area contributed by atoms with E-state index in [0.29, 0.717) is 17.1 Å². The highest BCUT2D eigenvalue weighted by molar-refractivity contribution is 7.92. The predicted molar refractivity (Wildman–Crippen MR) is 166 cm³/mol. The first-order chi connectivity index (χ1) is 19.2. The molecule has 3 aromatic rings. The number of halogens is 4. The first kappa shape index (κ1) is 33.0. The van der Waals surface area contributed by atoms with E-state index in [1.54, 1.807) is 37.3 Å². The Balaban J connectivity index is 2.06. The van der Waals surface area contributed by atoms with Gasteiger partial charge in [0.15, 0.2) is 0 Å². The van der Waals surface area contributed by atoms with E-state index in [-0.39, 0.29) is 44.0 Å². The molecule has 0 aliphatic carbocycles. The first-order valence-electron chi connectivity index (χ1n) is 12.8. The van der Waals surface area contributed by atoms with E-state index >= 15 is 0 Å². The average molecular weight is 659 g/mol. The molecule has 12 heteroatoms. The molecular weight excluding hydrogens is 628 g/mol. The van der Waals surface area contributed by atoms with Crippen molar-refractivity contribution >= 4 is 73.9 Å². The second-order valence-electron chi connectivity index (χ2n) is 10.0. The summed E-state index contributed by atoms with van der Waals surface area (Å²) >= 11 is 24.7. The van der Waals surface area contributed by atoms with Crippen molar-refractivity contribution < 1.29 is 18.0 Å². The molecule has 2 amide bonds. The molecule has 0 radical (unpaired) electrons. The van der Waals surface area contributed by atoms with Gasteiger partial charge in [0, 0.05) is 23.1 Å². The number of nitrogens with zero attached hydrogens (tertiary/aromatic N) is 2. The minimum Gasteiger partial charge on any atom is -0.354 e. The summed E-state index contributed by atoms with van der Waals surface area (Å²) in [6.45, 7) is 7.08. The van der Waals surface area contributed by atoms with Crippen molar-refractivity contribution in [2.24, 2.45) is 5.92 Å². The van der Waals surface area contributed by atoms with Gasteiger partial charge in [0.2, 0.25) is 11.8 Å². The molecule has 1 N–H and O–H groups in total. The lowest BCUT2D eigenvalue weighted by Gasteiger charge is -2.32. The van der Waals surface area contributed by atoms with Crippen LogP contribution in [0.15, 0.2) is 65.6 Å². The van der Waals surface area contributed by atoms with Crippen LogP contribution >= 0.6 is 46.4 Å². The van der Waals surface area contributed by atoms with Gasteiger partial charge in [-0.25, -0.2) is 8.42 Å². The normalized spacial score (nSPS) is 12.2. The minimum absolute atomic E-state index is 0.0224. The molecule has 3 aromatic carbocycles. The van der Waals surface area contributed by atoms with E-state index in [0.717, 1.165) is 9.87 Å². The molecule has 220 valence electrons. The monoisotopic (exact) mass is 657 g/mol. The number of carbonyl (C=O) groups excluding carboxylic acids is 2. The summed E-state index contributed by atoms with van der Waals surface area (Å²) in [5.74, 6) is -0.825. The summed E-state index contributed by atoms with van der Waals surface area (Å²) in [6, 6.07) is 14.5. The van der Waals surface area contributed by atoms with Gasteiger partial charge < -0.3 is 10.2 Å². The maximum atomic E-state index is 14.0. The quantitative estimate of drug-likeness (QED) is 0.241.